The van der Waals surface area contributed by atoms with Crippen molar-refractivity contribution in [3.63, 3.8) is 0 Å². The molecule has 0 aromatic heterocycles. The van der Waals surface area contributed by atoms with Gasteiger partial charge in [-0.05, 0) is 38.0 Å². The maximum atomic E-state index is 11.7. The van der Waals surface area contributed by atoms with Crippen LogP contribution in [0.25, 0.3) is 0 Å². The van der Waals surface area contributed by atoms with Gasteiger partial charge in [-0.15, -0.1) is 0 Å². The maximum absolute atomic E-state index is 11.7. The van der Waals surface area contributed by atoms with Crippen molar-refractivity contribution in [3.05, 3.63) is 0 Å². The van der Waals surface area contributed by atoms with Crippen LogP contribution in [0.15, 0.2) is 0 Å². The summed E-state index contributed by atoms with van der Waals surface area (Å²) in [6.07, 6.45) is 4.85. The minimum Gasteiger partial charge on any atom is -0.324 e. The highest BCUT2D eigenvalue weighted by atomic mass is 31.2. The normalized spacial score (nSPS) is 40.7. The zero-order valence-corrected chi connectivity index (χ0v) is 8.86. The molecular formula is C9H18NOP. The molecular weight excluding hydrogens is 169 g/mol. The van der Waals surface area contributed by atoms with Gasteiger partial charge in [0, 0.05) is 18.7 Å². The van der Waals surface area contributed by atoms with E-state index in [1.165, 1.54) is 19.3 Å². The van der Waals surface area contributed by atoms with Gasteiger partial charge in [-0.2, -0.15) is 0 Å². The summed E-state index contributed by atoms with van der Waals surface area (Å²) in [6, 6.07) is 0.747. The fourth-order valence-corrected chi connectivity index (χ4v) is 4.92. The van der Waals surface area contributed by atoms with Crippen molar-refractivity contribution in [2.45, 2.75) is 25.3 Å². The first kappa shape index (κ1) is 8.77. The fourth-order valence-electron chi connectivity index (χ4n) is 2.91. The van der Waals surface area contributed by atoms with E-state index in [1.807, 2.05) is 13.3 Å². The molecule has 2 atom stereocenters. The van der Waals surface area contributed by atoms with Crippen LogP contribution in [0.1, 0.15) is 19.3 Å². The van der Waals surface area contributed by atoms with E-state index in [9.17, 15) is 4.57 Å². The summed E-state index contributed by atoms with van der Waals surface area (Å²) in [7, 11) is -1.81. The maximum Gasteiger partial charge on any atom is 0.0825 e. The summed E-state index contributed by atoms with van der Waals surface area (Å²) in [5.41, 5.74) is 0.420. The van der Waals surface area contributed by atoms with Crippen LogP contribution in [0.2, 0.25) is 0 Å². The lowest BCUT2D eigenvalue weighted by molar-refractivity contribution is 0.354. The molecule has 0 radical (unpaired) electrons. The van der Waals surface area contributed by atoms with Crippen LogP contribution in [0, 0.1) is 5.41 Å². The Hall–Kier alpha value is 0.190. The standard InChI is InChI=1S/C9H18NOP/c1-12(2,11)7-9-4-3-8(5-9)10-6-9/h8,10H,3-7H2,1-2H3. The molecule has 2 unspecified atom stereocenters. The van der Waals surface area contributed by atoms with Gasteiger partial charge in [-0.1, -0.05) is 0 Å². The fraction of sp³-hybridized carbons (Fsp3) is 1.00. The molecule has 3 heteroatoms. The SMILES string of the molecule is CP(C)(=O)CC12CCC(C1)NC2. The second-order valence-corrected chi connectivity index (χ2v) is 8.52. The summed E-state index contributed by atoms with van der Waals surface area (Å²) in [4.78, 5) is 0. The molecule has 70 valence electrons. The summed E-state index contributed by atoms with van der Waals surface area (Å²) >= 11 is 0. The Morgan fingerprint density at radius 3 is 2.67 bits per heavy atom. The largest absolute Gasteiger partial charge is 0.324 e. The predicted molar refractivity (Wildman–Crippen MR) is 52.4 cm³/mol. The molecule has 2 fully saturated rings. The molecule has 2 nitrogen and oxygen atoms in total. The lowest BCUT2D eigenvalue weighted by Gasteiger charge is -2.27. The van der Waals surface area contributed by atoms with Gasteiger partial charge in [0.1, 0.15) is 0 Å². The van der Waals surface area contributed by atoms with Crippen molar-refractivity contribution < 1.29 is 4.57 Å². The quantitative estimate of drug-likeness (QED) is 0.667. The lowest BCUT2D eigenvalue weighted by Crippen LogP contribution is -2.31. The summed E-state index contributed by atoms with van der Waals surface area (Å²) in [5, 5.41) is 3.50. The third-order valence-electron chi connectivity index (χ3n) is 3.18. The van der Waals surface area contributed by atoms with Gasteiger partial charge < -0.3 is 9.88 Å². The van der Waals surface area contributed by atoms with E-state index in [-0.39, 0.29) is 0 Å². The Kier molecular flexibility index (Phi) is 1.89. The van der Waals surface area contributed by atoms with Gasteiger partial charge in [-0.25, -0.2) is 0 Å². The Morgan fingerprint density at radius 1 is 1.58 bits per heavy atom. The molecule has 2 rings (SSSR count). The van der Waals surface area contributed by atoms with Crippen LogP contribution >= 0.6 is 7.14 Å². The lowest BCUT2D eigenvalue weighted by atomic mass is 9.90. The monoisotopic (exact) mass is 187 g/mol. The Morgan fingerprint density at radius 2 is 2.33 bits per heavy atom. The Labute approximate surface area is 74.5 Å². The van der Waals surface area contributed by atoms with E-state index in [2.05, 4.69) is 5.32 Å². The molecule has 1 saturated carbocycles. The van der Waals surface area contributed by atoms with Crippen molar-refractivity contribution in [2.24, 2.45) is 5.41 Å². The van der Waals surface area contributed by atoms with Crippen LogP contribution in [-0.2, 0) is 4.57 Å². The van der Waals surface area contributed by atoms with Crippen molar-refractivity contribution >= 4 is 7.14 Å². The summed E-state index contributed by atoms with van der Waals surface area (Å²) in [5.74, 6) is 0. The van der Waals surface area contributed by atoms with Gasteiger partial charge in [-0.3, -0.25) is 0 Å². The average molecular weight is 187 g/mol. The van der Waals surface area contributed by atoms with Gasteiger partial charge in [0.15, 0.2) is 0 Å². The summed E-state index contributed by atoms with van der Waals surface area (Å²) in [6.45, 7) is 4.96. The second kappa shape index (κ2) is 2.59. The minimum atomic E-state index is -1.81. The molecule has 1 saturated heterocycles. The van der Waals surface area contributed by atoms with Crippen LogP contribution in [0.3, 0.4) is 0 Å². The third kappa shape index (κ3) is 1.60. The van der Waals surface area contributed by atoms with Gasteiger partial charge >= 0.3 is 0 Å². The van der Waals surface area contributed by atoms with Gasteiger partial charge in [0.2, 0.25) is 0 Å². The Balaban J connectivity index is 2.08. The smallest absolute Gasteiger partial charge is 0.0825 e. The third-order valence-corrected chi connectivity index (χ3v) is 4.62. The molecule has 2 aliphatic rings. The highest BCUT2D eigenvalue weighted by Gasteiger charge is 2.46. The predicted octanol–water partition coefficient (Wildman–Crippen LogP) is 1.75. The molecule has 1 heterocycles. The van der Waals surface area contributed by atoms with E-state index >= 15 is 0 Å². The Bertz CT molecular complexity index is 225. The van der Waals surface area contributed by atoms with Crippen LogP contribution in [0.5, 0.6) is 0 Å². The number of hydrogen-bond acceptors (Lipinski definition) is 2. The number of hydrogen-bond donors (Lipinski definition) is 1. The van der Waals surface area contributed by atoms with Crippen molar-refractivity contribution in [1.82, 2.24) is 5.32 Å². The molecule has 0 spiro atoms. The number of piperidine rings is 1. The van der Waals surface area contributed by atoms with E-state index in [1.54, 1.807) is 0 Å². The van der Waals surface area contributed by atoms with E-state index in [0.717, 1.165) is 18.7 Å². The van der Waals surface area contributed by atoms with Gasteiger partial charge in [0.25, 0.3) is 0 Å². The zero-order valence-electron chi connectivity index (χ0n) is 7.97. The average Bonchev–Trinajstić information content (AvgIpc) is 2.40. The van der Waals surface area contributed by atoms with Gasteiger partial charge in [0.05, 0.1) is 7.14 Å². The highest BCUT2D eigenvalue weighted by molar-refractivity contribution is 7.62. The molecule has 1 aliphatic heterocycles. The first-order valence-corrected chi connectivity index (χ1v) is 7.55. The van der Waals surface area contributed by atoms with Crippen molar-refractivity contribution in [1.29, 1.82) is 0 Å². The van der Waals surface area contributed by atoms with Crippen LogP contribution < -0.4 is 5.32 Å². The molecule has 1 N–H and O–H groups in total. The van der Waals surface area contributed by atoms with E-state index < -0.39 is 7.14 Å². The van der Waals surface area contributed by atoms with Crippen LogP contribution in [0.4, 0.5) is 0 Å². The number of fused-ring (bicyclic) bond motifs is 2. The van der Waals surface area contributed by atoms with Crippen molar-refractivity contribution in [3.8, 4) is 0 Å². The number of nitrogens with one attached hydrogen (secondary N) is 1. The topological polar surface area (TPSA) is 29.1 Å². The van der Waals surface area contributed by atoms with E-state index in [4.69, 9.17) is 0 Å². The molecule has 12 heavy (non-hydrogen) atoms. The number of rotatable bonds is 2. The van der Waals surface area contributed by atoms with Crippen LogP contribution in [-0.4, -0.2) is 32.1 Å². The first-order chi connectivity index (χ1) is 5.49. The highest BCUT2D eigenvalue weighted by Crippen LogP contribution is 2.52. The molecule has 1 aliphatic carbocycles. The first-order valence-electron chi connectivity index (χ1n) is 4.77. The van der Waals surface area contributed by atoms with E-state index in [0.29, 0.717) is 5.41 Å². The molecule has 0 amide bonds. The second-order valence-electron chi connectivity index (χ2n) is 5.05. The molecule has 0 aromatic carbocycles. The van der Waals surface area contributed by atoms with Crippen molar-refractivity contribution in [2.75, 3.05) is 26.0 Å². The summed E-state index contributed by atoms with van der Waals surface area (Å²) < 4.78 is 11.7. The molecule has 0 aromatic rings. The zero-order chi connectivity index (χ0) is 8.82. The minimum absolute atomic E-state index is 0.420. The molecule has 2 bridgehead atoms.